The first-order valence-electron chi connectivity index (χ1n) is 8.58. The summed E-state index contributed by atoms with van der Waals surface area (Å²) in [4.78, 5) is 36.0. The van der Waals surface area contributed by atoms with Gasteiger partial charge in [-0.25, -0.2) is 9.97 Å². The molecule has 8 heteroatoms. The molecule has 3 N–H and O–H groups in total. The molecule has 136 valence electrons. The van der Waals surface area contributed by atoms with Crippen molar-refractivity contribution < 1.29 is 9.59 Å². The van der Waals surface area contributed by atoms with Gasteiger partial charge in [-0.15, -0.1) is 0 Å². The Morgan fingerprint density at radius 2 is 2.07 bits per heavy atom. The largest absolute Gasteiger partial charge is 0.346 e. The first-order valence-corrected chi connectivity index (χ1v) is 9.39. The first kappa shape index (κ1) is 17.2. The number of H-pyrrole nitrogens is 1. The maximum absolute atomic E-state index is 12.7. The summed E-state index contributed by atoms with van der Waals surface area (Å²) in [7, 11) is 0. The normalized spacial score (nSPS) is 11.0. The number of nitrogens with one attached hydrogen (secondary N) is 3. The van der Waals surface area contributed by atoms with Crippen molar-refractivity contribution in [1.82, 2.24) is 15.0 Å². The van der Waals surface area contributed by atoms with E-state index in [9.17, 15) is 9.59 Å². The van der Waals surface area contributed by atoms with Crippen molar-refractivity contribution in [2.45, 2.75) is 19.8 Å². The van der Waals surface area contributed by atoms with E-state index < -0.39 is 0 Å². The third kappa shape index (κ3) is 3.52. The van der Waals surface area contributed by atoms with Gasteiger partial charge in [0.1, 0.15) is 5.65 Å². The van der Waals surface area contributed by atoms with Crippen LogP contribution in [-0.2, 0) is 4.79 Å². The van der Waals surface area contributed by atoms with Crippen LogP contribution in [0.25, 0.3) is 21.3 Å². The molecule has 7 nitrogen and oxygen atoms in total. The number of thiazole rings is 1. The Bertz CT molecular complexity index is 1150. The summed E-state index contributed by atoms with van der Waals surface area (Å²) in [5.41, 5.74) is 2.68. The van der Waals surface area contributed by atoms with Crippen molar-refractivity contribution in [2.24, 2.45) is 0 Å². The van der Waals surface area contributed by atoms with Crippen LogP contribution in [0.5, 0.6) is 0 Å². The van der Waals surface area contributed by atoms with E-state index in [-0.39, 0.29) is 11.8 Å². The molecule has 0 atom stereocenters. The number of aromatic nitrogens is 3. The minimum absolute atomic E-state index is 0.0433. The minimum Gasteiger partial charge on any atom is -0.346 e. The molecule has 3 heterocycles. The summed E-state index contributed by atoms with van der Waals surface area (Å²) in [6, 6.07) is 9.01. The molecule has 4 aromatic rings. The number of aromatic amines is 1. The summed E-state index contributed by atoms with van der Waals surface area (Å²) >= 11 is 1.38. The number of nitrogens with zero attached hydrogens (tertiary/aromatic N) is 2. The molecular formula is C19H17N5O2S. The third-order valence-electron chi connectivity index (χ3n) is 4.07. The molecular weight excluding hydrogens is 362 g/mol. The van der Waals surface area contributed by atoms with Crippen molar-refractivity contribution in [3.8, 4) is 0 Å². The van der Waals surface area contributed by atoms with Gasteiger partial charge >= 0.3 is 0 Å². The molecule has 2 amide bonds. The number of hydrogen-bond acceptors (Lipinski definition) is 5. The highest BCUT2D eigenvalue weighted by Crippen LogP contribution is 2.29. The zero-order chi connectivity index (χ0) is 18.8. The lowest BCUT2D eigenvalue weighted by Crippen LogP contribution is -2.12. The van der Waals surface area contributed by atoms with Crippen LogP contribution in [0.2, 0.25) is 0 Å². The molecule has 0 saturated heterocycles. The number of carbonyl (C=O) groups excluding carboxylic acids is 2. The monoisotopic (exact) mass is 379 g/mol. The van der Waals surface area contributed by atoms with E-state index in [0.29, 0.717) is 28.5 Å². The lowest BCUT2D eigenvalue weighted by Gasteiger charge is -2.06. The minimum atomic E-state index is -0.206. The topological polar surface area (TPSA) is 99.8 Å². The molecule has 0 aliphatic rings. The molecule has 0 aliphatic heterocycles. The predicted octanol–water partition coefficient (Wildman–Crippen LogP) is 4.16. The van der Waals surface area contributed by atoms with E-state index >= 15 is 0 Å². The van der Waals surface area contributed by atoms with E-state index in [1.165, 1.54) is 11.3 Å². The van der Waals surface area contributed by atoms with Gasteiger partial charge in [-0.1, -0.05) is 18.3 Å². The molecule has 3 aromatic heterocycles. The van der Waals surface area contributed by atoms with Gasteiger partial charge in [-0.05, 0) is 36.8 Å². The molecule has 0 fully saturated rings. The number of hydrogen-bond donors (Lipinski definition) is 3. The zero-order valence-corrected chi connectivity index (χ0v) is 15.4. The quantitative estimate of drug-likeness (QED) is 0.485. The molecule has 0 bridgehead atoms. The zero-order valence-electron chi connectivity index (χ0n) is 14.6. The van der Waals surface area contributed by atoms with E-state index in [4.69, 9.17) is 0 Å². The Morgan fingerprint density at radius 1 is 1.19 bits per heavy atom. The molecule has 27 heavy (non-hydrogen) atoms. The summed E-state index contributed by atoms with van der Waals surface area (Å²) in [5, 5.41) is 7.06. The Hall–Kier alpha value is -3.26. The molecule has 0 saturated carbocycles. The molecule has 0 aliphatic carbocycles. The van der Waals surface area contributed by atoms with Crippen molar-refractivity contribution in [2.75, 3.05) is 10.6 Å². The van der Waals surface area contributed by atoms with Crippen molar-refractivity contribution >= 4 is 55.2 Å². The highest BCUT2D eigenvalue weighted by molar-refractivity contribution is 7.22. The summed E-state index contributed by atoms with van der Waals surface area (Å²) in [6.45, 7) is 1.96. The molecule has 0 unspecified atom stereocenters. The van der Waals surface area contributed by atoms with Crippen LogP contribution >= 0.6 is 11.3 Å². The number of amides is 2. The van der Waals surface area contributed by atoms with Crippen LogP contribution in [0.15, 0.2) is 42.7 Å². The highest BCUT2D eigenvalue weighted by Gasteiger charge is 2.13. The van der Waals surface area contributed by atoms with E-state index in [0.717, 1.165) is 22.0 Å². The van der Waals surface area contributed by atoms with Crippen LogP contribution < -0.4 is 10.6 Å². The number of rotatable bonds is 5. The summed E-state index contributed by atoms with van der Waals surface area (Å²) in [5.74, 6) is -0.249. The standard InChI is InChI=1S/C19H17N5O2S/c1-2-3-16(25)24-19-23-14-5-4-11(10-15(14)27-19)22-18(26)13-7-9-21-17-12(13)6-8-20-17/h4-10H,2-3H2,1H3,(H,20,21)(H,22,26)(H,23,24,25). The van der Waals surface area contributed by atoms with Crippen LogP contribution in [0.3, 0.4) is 0 Å². The average Bonchev–Trinajstić information content (AvgIpc) is 3.27. The van der Waals surface area contributed by atoms with Crippen molar-refractivity contribution in [3.63, 3.8) is 0 Å². The third-order valence-corrected chi connectivity index (χ3v) is 5.01. The lowest BCUT2D eigenvalue weighted by atomic mass is 10.1. The van der Waals surface area contributed by atoms with Gasteiger partial charge in [-0.2, -0.15) is 0 Å². The fraction of sp³-hybridized carbons (Fsp3) is 0.158. The fourth-order valence-corrected chi connectivity index (χ4v) is 3.74. The molecule has 0 spiro atoms. The number of pyridine rings is 1. The van der Waals surface area contributed by atoms with E-state index in [1.807, 2.05) is 25.1 Å². The number of anilines is 2. The Balaban J connectivity index is 1.56. The number of benzene rings is 1. The molecule has 0 radical (unpaired) electrons. The van der Waals surface area contributed by atoms with Gasteiger partial charge in [0.15, 0.2) is 5.13 Å². The predicted molar refractivity (Wildman–Crippen MR) is 107 cm³/mol. The number of carbonyl (C=O) groups is 2. The van der Waals surface area contributed by atoms with Gasteiger partial charge in [-0.3, -0.25) is 9.59 Å². The summed E-state index contributed by atoms with van der Waals surface area (Å²) in [6.07, 6.45) is 4.62. The van der Waals surface area contributed by atoms with E-state index in [2.05, 4.69) is 25.6 Å². The van der Waals surface area contributed by atoms with Gasteiger partial charge in [0, 0.05) is 29.9 Å². The van der Waals surface area contributed by atoms with Crippen LogP contribution in [0.1, 0.15) is 30.1 Å². The van der Waals surface area contributed by atoms with Gasteiger partial charge in [0.05, 0.1) is 15.8 Å². The lowest BCUT2D eigenvalue weighted by molar-refractivity contribution is -0.116. The fourth-order valence-electron chi connectivity index (χ4n) is 2.82. The van der Waals surface area contributed by atoms with Crippen molar-refractivity contribution in [1.29, 1.82) is 0 Å². The Morgan fingerprint density at radius 3 is 2.93 bits per heavy atom. The number of fused-ring (bicyclic) bond motifs is 2. The van der Waals surface area contributed by atoms with Crippen molar-refractivity contribution in [3.05, 3.63) is 48.3 Å². The van der Waals surface area contributed by atoms with Gasteiger partial charge in [0.25, 0.3) is 5.91 Å². The van der Waals surface area contributed by atoms with Crippen LogP contribution in [0.4, 0.5) is 10.8 Å². The second kappa shape index (κ2) is 7.16. The highest BCUT2D eigenvalue weighted by atomic mass is 32.1. The second-order valence-corrected chi connectivity index (χ2v) is 7.08. The van der Waals surface area contributed by atoms with E-state index in [1.54, 1.807) is 24.5 Å². The second-order valence-electron chi connectivity index (χ2n) is 6.05. The smallest absolute Gasteiger partial charge is 0.256 e. The molecule has 4 rings (SSSR count). The van der Waals surface area contributed by atoms with Crippen LogP contribution in [0, 0.1) is 0 Å². The Labute approximate surface area is 158 Å². The molecule has 1 aromatic carbocycles. The SMILES string of the molecule is CCCC(=O)Nc1nc2ccc(NC(=O)c3ccnc4[nH]ccc34)cc2s1. The maximum atomic E-state index is 12.7. The van der Waals surface area contributed by atoms with Gasteiger partial charge < -0.3 is 15.6 Å². The first-order chi connectivity index (χ1) is 13.1. The average molecular weight is 379 g/mol. The van der Waals surface area contributed by atoms with Gasteiger partial charge in [0.2, 0.25) is 5.91 Å². The maximum Gasteiger partial charge on any atom is 0.256 e. The summed E-state index contributed by atoms with van der Waals surface area (Å²) < 4.78 is 0.890. The Kier molecular flexibility index (Phi) is 4.55. The van der Waals surface area contributed by atoms with Crippen LogP contribution in [-0.4, -0.2) is 26.8 Å².